The molecule has 0 spiro atoms. The van der Waals surface area contributed by atoms with Crippen molar-refractivity contribution < 1.29 is 0 Å². The fourth-order valence-electron chi connectivity index (χ4n) is 3.51. The van der Waals surface area contributed by atoms with Crippen molar-refractivity contribution in [3.05, 3.63) is 0 Å². The molecule has 3 nitrogen and oxygen atoms in total. The zero-order valence-electron chi connectivity index (χ0n) is 11.9. The molecule has 0 saturated heterocycles. The average Bonchev–Trinajstić information content (AvgIpc) is 2.73. The van der Waals surface area contributed by atoms with Crippen LogP contribution in [0.15, 0.2) is 0 Å². The summed E-state index contributed by atoms with van der Waals surface area (Å²) in [7, 11) is 0. The van der Waals surface area contributed by atoms with E-state index in [0.717, 1.165) is 31.8 Å². The van der Waals surface area contributed by atoms with Crippen molar-refractivity contribution in [2.75, 3.05) is 19.6 Å². The number of nitrogens with zero attached hydrogens (tertiary/aromatic N) is 2. The Morgan fingerprint density at radius 1 is 1.33 bits per heavy atom. The van der Waals surface area contributed by atoms with E-state index in [1.165, 1.54) is 32.2 Å². The van der Waals surface area contributed by atoms with Crippen LogP contribution in [0.4, 0.5) is 0 Å². The maximum absolute atomic E-state index is 9.43. The highest BCUT2D eigenvalue weighted by molar-refractivity contribution is 5.13. The Hall–Kier alpha value is -0.590. The fraction of sp³-hybridized carbons (Fsp3) is 0.933. The summed E-state index contributed by atoms with van der Waals surface area (Å²) in [5.74, 6) is 0.932. The summed E-state index contributed by atoms with van der Waals surface area (Å²) in [6.45, 7) is 7.65. The molecule has 2 aliphatic carbocycles. The van der Waals surface area contributed by atoms with Gasteiger partial charge in [-0.15, -0.1) is 0 Å². The normalized spacial score (nSPS) is 32.4. The van der Waals surface area contributed by atoms with Crippen molar-refractivity contribution in [2.24, 2.45) is 5.92 Å². The second-order valence-electron chi connectivity index (χ2n) is 6.01. The van der Waals surface area contributed by atoms with E-state index in [1.807, 2.05) is 0 Å². The van der Waals surface area contributed by atoms with E-state index in [1.54, 1.807) is 0 Å². The molecule has 0 aromatic carbocycles. The third-order valence-corrected chi connectivity index (χ3v) is 4.86. The second kappa shape index (κ2) is 6.04. The van der Waals surface area contributed by atoms with Crippen molar-refractivity contribution in [1.82, 2.24) is 10.2 Å². The van der Waals surface area contributed by atoms with Gasteiger partial charge in [0, 0.05) is 12.6 Å². The molecule has 3 heteroatoms. The largest absolute Gasteiger partial charge is 0.300 e. The minimum Gasteiger partial charge on any atom is -0.300 e. The molecule has 2 rings (SSSR count). The molecule has 102 valence electrons. The van der Waals surface area contributed by atoms with Crippen LogP contribution in [0.1, 0.15) is 52.4 Å². The van der Waals surface area contributed by atoms with Crippen molar-refractivity contribution in [1.29, 1.82) is 5.26 Å². The van der Waals surface area contributed by atoms with Gasteiger partial charge in [-0.25, -0.2) is 0 Å². The molecule has 1 N–H and O–H groups in total. The molecule has 0 amide bonds. The first-order valence-electron chi connectivity index (χ1n) is 7.63. The Morgan fingerprint density at radius 3 is 2.61 bits per heavy atom. The third-order valence-electron chi connectivity index (χ3n) is 4.86. The zero-order chi connectivity index (χ0) is 13.0. The summed E-state index contributed by atoms with van der Waals surface area (Å²) in [6.07, 6.45) is 7.47. The van der Waals surface area contributed by atoms with Crippen LogP contribution in [0.25, 0.3) is 0 Å². The highest BCUT2D eigenvalue weighted by Crippen LogP contribution is 2.35. The van der Waals surface area contributed by atoms with Crippen molar-refractivity contribution in [3.8, 4) is 6.07 Å². The first kappa shape index (κ1) is 13.8. The van der Waals surface area contributed by atoms with Crippen LogP contribution in [0.5, 0.6) is 0 Å². The Labute approximate surface area is 112 Å². The lowest BCUT2D eigenvalue weighted by atomic mass is 9.84. The van der Waals surface area contributed by atoms with Crippen molar-refractivity contribution >= 4 is 0 Å². The number of rotatable bonds is 6. The molecule has 0 aromatic rings. The summed E-state index contributed by atoms with van der Waals surface area (Å²) in [5.41, 5.74) is -0.244. The standard InChI is InChI=1S/C15H27N3/c1-3-17-15(12-16)9-8-14(10-15)18(4-2)11-13-6-5-7-13/h13-14,17H,3-11H2,1-2H3. The van der Waals surface area contributed by atoms with Gasteiger partial charge in [0.2, 0.25) is 0 Å². The molecule has 0 bridgehead atoms. The van der Waals surface area contributed by atoms with Crippen LogP contribution in [0.3, 0.4) is 0 Å². The minimum absolute atomic E-state index is 0.244. The number of hydrogen-bond acceptors (Lipinski definition) is 3. The van der Waals surface area contributed by atoms with Gasteiger partial charge < -0.3 is 4.90 Å². The topological polar surface area (TPSA) is 39.1 Å². The van der Waals surface area contributed by atoms with E-state index in [9.17, 15) is 5.26 Å². The van der Waals surface area contributed by atoms with Crippen LogP contribution in [-0.4, -0.2) is 36.1 Å². The number of nitriles is 1. The van der Waals surface area contributed by atoms with Gasteiger partial charge in [-0.05, 0) is 51.1 Å². The van der Waals surface area contributed by atoms with Crippen LogP contribution >= 0.6 is 0 Å². The van der Waals surface area contributed by atoms with E-state index in [4.69, 9.17) is 0 Å². The second-order valence-corrected chi connectivity index (χ2v) is 6.01. The Kier molecular flexibility index (Phi) is 4.64. The van der Waals surface area contributed by atoms with Crippen LogP contribution in [-0.2, 0) is 0 Å². The van der Waals surface area contributed by atoms with Gasteiger partial charge in [0.15, 0.2) is 0 Å². The summed E-state index contributed by atoms with van der Waals surface area (Å²) >= 11 is 0. The highest BCUT2D eigenvalue weighted by atomic mass is 15.2. The molecule has 0 aromatic heterocycles. The molecule has 2 fully saturated rings. The van der Waals surface area contributed by atoms with Gasteiger partial charge in [0.1, 0.15) is 5.54 Å². The first-order valence-corrected chi connectivity index (χ1v) is 7.63. The van der Waals surface area contributed by atoms with Gasteiger partial charge in [0.25, 0.3) is 0 Å². The van der Waals surface area contributed by atoms with Crippen LogP contribution < -0.4 is 5.32 Å². The maximum atomic E-state index is 9.43. The highest BCUT2D eigenvalue weighted by Gasteiger charge is 2.41. The molecule has 2 aliphatic rings. The molecule has 2 saturated carbocycles. The third kappa shape index (κ3) is 2.87. The number of hydrogen-bond donors (Lipinski definition) is 1. The quantitative estimate of drug-likeness (QED) is 0.786. The summed E-state index contributed by atoms with van der Waals surface area (Å²) in [4.78, 5) is 2.63. The van der Waals surface area contributed by atoms with Gasteiger partial charge >= 0.3 is 0 Å². The first-order chi connectivity index (χ1) is 8.73. The molecular formula is C15H27N3. The lowest BCUT2D eigenvalue weighted by molar-refractivity contribution is 0.137. The van der Waals surface area contributed by atoms with Gasteiger partial charge in [-0.3, -0.25) is 5.32 Å². The number of nitrogens with one attached hydrogen (secondary N) is 1. The molecule has 18 heavy (non-hydrogen) atoms. The molecular weight excluding hydrogens is 222 g/mol. The Balaban J connectivity index is 1.90. The SMILES string of the molecule is CCNC1(C#N)CCC(N(CC)CC2CCC2)C1. The molecule has 0 aliphatic heterocycles. The lowest BCUT2D eigenvalue weighted by Crippen LogP contribution is -2.45. The summed E-state index contributed by atoms with van der Waals surface area (Å²) < 4.78 is 0. The predicted octanol–water partition coefficient (Wildman–Crippen LogP) is 2.53. The van der Waals surface area contributed by atoms with Crippen LogP contribution in [0.2, 0.25) is 0 Å². The van der Waals surface area contributed by atoms with E-state index in [-0.39, 0.29) is 5.54 Å². The molecule has 2 unspecified atom stereocenters. The fourth-order valence-corrected chi connectivity index (χ4v) is 3.51. The summed E-state index contributed by atoms with van der Waals surface area (Å²) in [6, 6.07) is 3.15. The predicted molar refractivity (Wildman–Crippen MR) is 74.2 cm³/mol. The molecule has 0 heterocycles. The monoisotopic (exact) mass is 249 g/mol. The van der Waals surface area contributed by atoms with E-state index < -0.39 is 0 Å². The maximum Gasteiger partial charge on any atom is 0.108 e. The smallest absolute Gasteiger partial charge is 0.108 e. The molecule has 0 radical (unpaired) electrons. The van der Waals surface area contributed by atoms with E-state index in [2.05, 4.69) is 30.1 Å². The minimum atomic E-state index is -0.244. The zero-order valence-corrected chi connectivity index (χ0v) is 11.9. The van der Waals surface area contributed by atoms with E-state index >= 15 is 0 Å². The van der Waals surface area contributed by atoms with Crippen molar-refractivity contribution in [3.63, 3.8) is 0 Å². The lowest BCUT2D eigenvalue weighted by Gasteiger charge is -2.35. The van der Waals surface area contributed by atoms with Crippen LogP contribution in [0, 0.1) is 17.2 Å². The van der Waals surface area contributed by atoms with Crippen molar-refractivity contribution in [2.45, 2.75) is 64.0 Å². The average molecular weight is 249 g/mol. The summed E-state index contributed by atoms with van der Waals surface area (Å²) in [5, 5.41) is 12.8. The van der Waals surface area contributed by atoms with Gasteiger partial charge in [0.05, 0.1) is 6.07 Å². The molecule has 2 atom stereocenters. The van der Waals surface area contributed by atoms with E-state index in [0.29, 0.717) is 6.04 Å². The van der Waals surface area contributed by atoms with Gasteiger partial charge in [-0.1, -0.05) is 20.3 Å². The van der Waals surface area contributed by atoms with Gasteiger partial charge in [-0.2, -0.15) is 5.26 Å². The Morgan fingerprint density at radius 2 is 2.11 bits per heavy atom. The Bertz CT molecular complexity index is 305.